The molecule has 16 heavy (non-hydrogen) atoms. The van der Waals surface area contributed by atoms with E-state index in [1.165, 1.54) is 5.56 Å². The number of benzene rings is 2. The summed E-state index contributed by atoms with van der Waals surface area (Å²) in [6.45, 7) is 6.13. The molecule has 0 saturated carbocycles. The highest BCUT2D eigenvalue weighted by Crippen LogP contribution is 2.19. The Morgan fingerprint density at radius 2 is 1.56 bits per heavy atom. The van der Waals surface area contributed by atoms with Crippen LogP contribution in [0.5, 0.6) is 0 Å². The first-order valence-electron chi connectivity index (χ1n) is 5.34. The van der Waals surface area contributed by atoms with E-state index in [-0.39, 0.29) is 0 Å². The fraction of sp³-hybridized carbons (Fsp3) is 0.0667. The SMILES string of the molecule is C=C(Nc1ccccc1C)c1ccccc1. The van der Waals surface area contributed by atoms with Gasteiger partial charge in [0.05, 0.1) is 0 Å². The van der Waals surface area contributed by atoms with Gasteiger partial charge in [0, 0.05) is 11.4 Å². The predicted molar refractivity (Wildman–Crippen MR) is 70.3 cm³/mol. The lowest BCUT2D eigenvalue weighted by molar-refractivity contribution is 1.43. The normalized spacial score (nSPS) is 9.81. The van der Waals surface area contributed by atoms with Gasteiger partial charge in [-0.1, -0.05) is 55.1 Å². The fourth-order valence-corrected chi connectivity index (χ4v) is 1.59. The van der Waals surface area contributed by atoms with Gasteiger partial charge in [-0.2, -0.15) is 0 Å². The second kappa shape index (κ2) is 4.67. The van der Waals surface area contributed by atoms with Crippen molar-refractivity contribution in [3.8, 4) is 0 Å². The molecule has 0 amide bonds. The molecule has 0 aromatic heterocycles. The maximum absolute atomic E-state index is 4.05. The third-order valence-electron chi connectivity index (χ3n) is 2.55. The van der Waals surface area contributed by atoms with E-state index >= 15 is 0 Å². The van der Waals surface area contributed by atoms with Crippen molar-refractivity contribution in [2.75, 3.05) is 5.32 Å². The third kappa shape index (κ3) is 2.31. The molecule has 2 aromatic rings. The largest absolute Gasteiger partial charge is 0.355 e. The lowest BCUT2D eigenvalue weighted by Crippen LogP contribution is -1.98. The molecule has 2 aromatic carbocycles. The molecule has 0 unspecified atom stereocenters. The van der Waals surface area contributed by atoms with Crippen molar-refractivity contribution in [1.82, 2.24) is 0 Å². The molecule has 0 spiro atoms. The number of para-hydroxylation sites is 1. The van der Waals surface area contributed by atoms with Crippen molar-refractivity contribution in [3.05, 3.63) is 72.3 Å². The molecule has 1 N–H and O–H groups in total. The Bertz CT molecular complexity index is 486. The highest BCUT2D eigenvalue weighted by Gasteiger charge is 2.00. The van der Waals surface area contributed by atoms with E-state index in [1.807, 2.05) is 42.5 Å². The van der Waals surface area contributed by atoms with Gasteiger partial charge >= 0.3 is 0 Å². The zero-order valence-electron chi connectivity index (χ0n) is 9.40. The van der Waals surface area contributed by atoms with Gasteiger partial charge in [0.2, 0.25) is 0 Å². The summed E-state index contributed by atoms with van der Waals surface area (Å²) in [7, 11) is 0. The van der Waals surface area contributed by atoms with Crippen LogP contribution in [0, 0.1) is 6.92 Å². The van der Waals surface area contributed by atoms with E-state index in [0.717, 1.165) is 16.9 Å². The molecule has 80 valence electrons. The maximum Gasteiger partial charge on any atom is 0.0413 e. The van der Waals surface area contributed by atoms with E-state index in [2.05, 4.69) is 31.0 Å². The lowest BCUT2D eigenvalue weighted by atomic mass is 10.1. The van der Waals surface area contributed by atoms with Crippen LogP contribution in [-0.2, 0) is 0 Å². The molecule has 2 rings (SSSR count). The van der Waals surface area contributed by atoms with Crippen molar-refractivity contribution in [2.45, 2.75) is 6.92 Å². The Labute approximate surface area is 96.4 Å². The molecule has 0 aliphatic heterocycles. The van der Waals surface area contributed by atoms with Gasteiger partial charge in [-0.3, -0.25) is 0 Å². The standard InChI is InChI=1S/C15H15N/c1-12-8-6-7-11-15(12)16-13(2)14-9-4-3-5-10-14/h3-11,16H,2H2,1H3. The van der Waals surface area contributed by atoms with E-state index in [4.69, 9.17) is 0 Å². The second-order valence-corrected chi connectivity index (χ2v) is 3.78. The van der Waals surface area contributed by atoms with Crippen LogP contribution in [0.1, 0.15) is 11.1 Å². The minimum atomic E-state index is 0.926. The van der Waals surface area contributed by atoms with Gasteiger partial charge in [0.1, 0.15) is 0 Å². The van der Waals surface area contributed by atoms with Gasteiger partial charge in [-0.05, 0) is 24.1 Å². The minimum absolute atomic E-state index is 0.926. The minimum Gasteiger partial charge on any atom is -0.355 e. The van der Waals surface area contributed by atoms with Crippen LogP contribution in [0.2, 0.25) is 0 Å². The number of hydrogen-bond acceptors (Lipinski definition) is 1. The average Bonchev–Trinajstić information content (AvgIpc) is 2.33. The second-order valence-electron chi connectivity index (χ2n) is 3.78. The molecule has 0 atom stereocenters. The molecule has 0 fully saturated rings. The summed E-state index contributed by atoms with van der Waals surface area (Å²) >= 11 is 0. The number of nitrogens with one attached hydrogen (secondary N) is 1. The summed E-state index contributed by atoms with van der Waals surface area (Å²) in [5.74, 6) is 0. The zero-order chi connectivity index (χ0) is 11.4. The molecule has 0 heterocycles. The van der Waals surface area contributed by atoms with Crippen LogP contribution < -0.4 is 5.32 Å². The molecular formula is C15H15N. The molecule has 0 saturated heterocycles. The van der Waals surface area contributed by atoms with E-state index in [0.29, 0.717) is 0 Å². The summed E-state index contributed by atoms with van der Waals surface area (Å²) in [6.07, 6.45) is 0. The summed E-state index contributed by atoms with van der Waals surface area (Å²) < 4.78 is 0. The number of hydrogen-bond donors (Lipinski definition) is 1. The quantitative estimate of drug-likeness (QED) is 0.803. The van der Waals surface area contributed by atoms with Gasteiger partial charge in [-0.15, -0.1) is 0 Å². The molecular weight excluding hydrogens is 194 g/mol. The molecule has 0 bridgehead atoms. The Morgan fingerprint density at radius 1 is 0.938 bits per heavy atom. The Morgan fingerprint density at radius 3 is 2.25 bits per heavy atom. The van der Waals surface area contributed by atoms with Gasteiger partial charge in [0.15, 0.2) is 0 Å². The van der Waals surface area contributed by atoms with Crippen molar-refractivity contribution < 1.29 is 0 Å². The first-order valence-corrected chi connectivity index (χ1v) is 5.34. The predicted octanol–water partition coefficient (Wildman–Crippen LogP) is 4.08. The Hall–Kier alpha value is -2.02. The highest BCUT2D eigenvalue weighted by atomic mass is 14.9. The number of rotatable bonds is 3. The maximum atomic E-state index is 4.05. The highest BCUT2D eigenvalue weighted by molar-refractivity contribution is 5.76. The molecule has 1 heteroatoms. The van der Waals surface area contributed by atoms with Gasteiger partial charge in [0.25, 0.3) is 0 Å². The van der Waals surface area contributed by atoms with Crippen LogP contribution in [0.3, 0.4) is 0 Å². The van der Waals surface area contributed by atoms with Crippen molar-refractivity contribution >= 4 is 11.4 Å². The van der Waals surface area contributed by atoms with E-state index < -0.39 is 0 Å². The first-order chi connectivity index (χ1) is 7.77. The number of aryl methyl sites for hydroxylation is 1. The van der Waals surface area contributed by atoms with Gasteiger partial charge in [-0.25, -0.2) is 0 Å². The average molecular weight is 209 g/mol. The van der Waals surface area contributed by atoms with Gasteiger partial charge < -0.3 is 5.32 Å². The Kier molecular flexibility index (Phi) is 3.06. The van der Waals surface area contributed by atoms with Crippen LogP contribution in [0.25, 0.3) is 5.70 Å². The fourth-order valence-electron chi connectivity index (χ4n) is 1.59. The van der Waals surface area contributed by atoms with Crippen LogP contribution in [0.15, 0.2) is 61.2 Å². The van der Waals surface area contributed by atoms with Crippen LogP contribution in [-0.4, -0.2) is 0 Å². The van der Waals surface area contributed by atoms with Crippen LogP contribution in [0.4, 0.5) is 5.69 Å². The molecule has 0 aliphatic rings. The molecule has 0 radical (unpaired) electrons. The summed E-state index contributed by atoms with van der Waals surface area (Å²) in [5.41, 5.74) is 4.37. The summed E-state index contributed by atoms with van der Waals surface area (Å²) in [4.78, 5) is 0. The summed E-state index contributed by atoms with van der Waals surface area (Å²) in [5, 5.41) is 3.33. The van der Waals surface area contributed by atoms with Crippen molar-refractivity contribution in [1.29, 1.82) is 0 Å². The third-order valence-corrected chi connectivity index (χ3v) is 2.55. The van der Waals surface area contributed by atoms with Crippen molar-refractivity contribution in [3.63, 3.8) is 0 Å². The Balaban J connectivity index is 2.18. The van der Waals surface area contributed by atoms with Crippen LogP contribution >= 0.6 is 0 Å². The van der Waals surface area contributed by atoms with E-state index in [9.17, 15) is 0 Å². The number of anilines is 1. The van der Waals surface area contributed by atoms with E-state index in [1.54, 1.807) is 0 Å². The molecule has 1 nitrogen and oxygen atoms in total. The smallest absolute Gasteiger partial charge is 0.0413 e. The monoisotopic (exact) mass is 209 g/mol. The zero-order valence-corrected chi connectivity index (χ0v) is 9.40. The lowest BCUT2D eigenvalue weighted by Gasteiger charge is -2.11. The molecule has 0 aliphatic carbocycles. The first kappa shape index (κ1) is 10.5. The summed E-state index contributed by atoms with van der Waals surface area (Å²) in [6, 6.07) is 18.3. The topological polar surface area (TPSA) is 12.0 Å². The van der Waals surface area contributed by atoms with Crippen molar-refractivity contribution in [2.24, 2.45) is 0 Å².